The largest absolute Gasteiger partial charge is 0.378 e. The highest BCUT2D eigenvalue weighted by molar-refractivity contribution is 6.04. The predicted octanol–water partition coefficient (Wildman–Crippen LogP) is 4.43. The van der Waals surface area contributed by atoms with Gasteiger partial charge in [0.15, 0.2) is 0 Å². The predicted molar refractivity (Wildman–Crippen MR) is 116 cm³/mol. The third-order valence-electron chi connectivity index (χ3n) is 4.59. The zero-order chi connectivity index (χ0) is 19.9. The first kappa shape index (κ1) is 19.4. The molecule has 0 saturated carbocycles. The van der Waals surface area contributed by atoms with Crippen molar-refractivity contribution in [2.45, 2.75) is 13.5 Å². The van der Waals surface area contributed by atoms with Crippen LogP contribution in [0.25, 0.3) is 0 Å². The summed E-state index contributed by atoms with van der Waals surface area (Å²) >= 11 is 0. The van der Waals surface area contributed by atoms with Crippen LogP contribution in [0.1, 0.15) is 22.8 Å². The van der Waals surface area contributed by atoms with E-state index in [1.807, 2.05) is 67.5 Å². The maximum absolute atomic E-state index is 12.7. The molecule has 5 heteroatoms. The third-order valence-corrected chi connectivity index (χ3v) is 4.59. The zero-order valence-electron chi connectivity index (χ0n) is 16.6. The van der Waals surface area contributed by atoms with Crippen LogP contribution in [0.4, 0.5) is 17.1 Å². The van der Waals surface area contributed by atoms with Gasteiger partial charge in [0.05, 0.1) is 17.4 Å². The average Bonchev–Trinajstić information content (AvgIpc) is 2.73. The van der Waals surface area contributed by atoms with Crippen LogP contribution in [-0.2, 0) is 6.54 Å². The molecule has 0 radical (unpaired) electrons. The van der Waals surface area contributed by atoms with Crippen molar-refractivity contribution in [2.24, 2.45) is 0 Å². The molecule has 1 heterocycles. The SMILES string of the molecule is CCN(Cc1ccccc1)c1cncc(C(=O)Nc2ccc(N(C)C)cc2)c1. The van der Waals surface area contributed by atoms with Crippen molar-refractivity contribution in [3.8, 4) is 0 Å². The fourth-order valence-corrected chi connectivity index (χ4v) is 2.96. The lowest BCUT2D eigenvalue weighted by Gasteiger charge is -2.23. The van der Waals surface area contributed by atoms with Crippen LogP contribution in [0.2, 0.25) is 0 Å². The van der Waals surface area contributed by atoms with E-state index in [2.05, 4.69) is 34.3 Å². The smallest absolute Gasteiger partial charge is 0.257 e. The van der Waals surface area contributed by atoms with Gasteiger partial charge in [-0.1, -0.05) is 30.3 Å². The minimum absolute atomic E-state index is 0.164. The highest BCUT2D eigenvalue weighted by Gasteiger charge is 2.11. The number of nitrogens with one attached hydrogen (secondary N) is 1. The monoisotopic (exact) mass is 374 g/mol. The molecule has 5 nitrogen and oxygen atoms in total. The molecule has 1 N–H and O–H groups in total. The molecule has 0 aliphatic carbocycles. The number of aromatic nitrogens is 1. The second-order valence-electron chi connectivity index (χ2n) is 6.83. The summed E-state index contributed by atoms with van der Waals surface area (Å²) < 4.78 is 0. The van der Waals surface area contributed by atoms with Gasteiger partial charge in [-0.2, -0.15) is 0 Å². The standard InChI is InChI=1S/C23H26N4O/c1-4-27(17-18-8-6-5-7-9-18)22-14-19(15-24-16-22)23(28)25-20-10-12-21(13-11-20)26(2)3/h5-16H,4,17H2,1-3H3,(H,25,28). The molecule has 0 fully saturated rings. The fraction of sp³-hybridized carbons (Fsp3) is 0.217. The van der Waals surface area contributed by atoms with Crippen molar-refractivity contribution < 1.29 is 4.79 Å². The molecule has 0 saturated heterocycles. The third kappa shape index (κ3) is 4.88. The van der Waals surface area contributed by atoms with Gasteiger partial charge in [-0.25, -0.2) is 0 Å². The number of rotatable bonds is 7. The van der Waals surface area contributed by atoms with E-state index >= 15 is 0 Å². The molecule has 144 valence electrons. The van der Waals surface area contributed by atoms with Gasteiger partial charge in [0, 0.05) is 44.8 Å². The van der Waals surface area contributed by atoms with Crippen LogP contribution < -0.4 is 15.1 Å². The molecule has 3 aromatic rings. The van der Waals surface area contributed by atoms with Crippen molar-refractivity contribution >= 4 is 23.0 Å². The Kier molecular flexibility index (Phi) is 6.27. The number of carbonyl (C=O) groups excluding carboxylic acids is 1. The molecule has 0 aliphatic rings. The number of amides is 1. The van der Waals surface area contributed by atoms with Gasteiger partial charge in [0.2, 0.25) is 0 Å². The molecule has 0 spiro atoms. The molecular formula is C23H26N4O. The summed E-state index contributed by atoms with van der Waals surface area (Å²) in [6.07, 6.45) is 3.40. The molecule has 2 aromatic carbocycles. The molecule has 1 amide bonds. The normalized spacial score (nSPS) is 10.4. The first-order chi connectivity index (χ1) is 13.6. The summed E-state index contributed by atoms with van der Waals surface area (Å²) in [5, 5.41) is 2.94. The van der Waals surface area contributed by atoms with Crippen LogP contribution in [0.3, 0.4) is 0 Å². The number of nitrogens with zero attached hydrogens (tertiary/aromatic N) is 3. The molecule has 28 heavy (non-hydrogen) atoms. The lowest BCUT2D eigenvalue weighted by Crippen LogP contribution is -2.23. The van der Waals surface area contributed by atoms with Crippen molar-refractivity contribution in [3.63, 3.8) is 0 Å². The Balaban J connectivity index is 1.73. The van der Waals surface area contributed by atoms with Crippen molar-refractivity contribution in [1.29, 1.82) is 0 Å². The quantitative estimate of drug-likeness (QED) is 0.665. The molecule has 0 aliphatic heterocycles. The van der Waals surface area contributed by atoms with E-state index in [0.29, 0.717) is 5.56 Å². The topological polar surface area (TPSA) is 48.5 Å². The average molecular weight is 374 g/mol. The van der Waals surface area contributed by atoms with Crippen molar-refractivity contribution in [1.82, 2.24) is 4.98 Å². The molecule has 0 unspecified atom stereocenters. The Bertz CT molecular complexity index is 907. The number of pyridine rings is 1. The van der Waals surface area contributed by atoms with Crippen LogP contribution >= 0.6 is 0 Å². The lowest BCUT2D eigenvalue weighted by molar-refractivity contribution is 0.102. The van der Waals surface area contributed by atoms with E-state index in [0.717, 1.165) is 30.2 Å². The first-order valence-electron chi connectivity index (χ1n) is 9.39. The summed E-state index contributed by atoms with van der Waals surface area (Å²) in [6, 6.07) is 19.9. The van der Waals surface area contributed by atoms with Crippen LogP contribution in [0.15, 0.2) is 73.1 Å². The fourth-order valence-electron chi connectivity index (χ4n) is 2.96. The minimum Gasteiger partial charge on any atom is -0.378 e. The maximum atomic E-state index is 12.7. The van der Waals surface area contributed by atoms with Crippen LogP contribution in [0, 0.1) is 0 Å². The van der Waals surface area contributed by atoms with E-state index < -0.39 is 0 Å². The molecule has 0 bridgehead atoms. The summed E-state index contributed by atoms with van der Waals surface area (Å²) in [7, 11) is 3.97. The van der Waals surface area contributed by atoms with Gasteiger partial charge in [-0.15, -0.1) is 0 Å². The van der Waals surface area contributed by atoms with Crippen molar-refractivity contribution in [3.05, 3.63) is 84.2 Å². The van der Waals surface area contributed by atoms with Crippen molar-refractivity contribution in [2.75, 3.05) is 35.8 Å². The van der Waals surface area contributed by atoms with Gasteiger partial charge >= 0.3 is 0 Å². The van der Waals surface area contributed by atoms with E-state index in [9.17, 15) is 4.79 Å². The van der Waals surface area contributed by atoms with Crippen LogP contribution in [0.5, 0.6) is 0 Å². The zero-order valence-corrected chi connectivity index (χ0v) is 16.6. The second kappa shape index (κ2) is 9.04. The summed E-state index contributed by atoms with van der Waals surface area (Å²) in [5.74, 6) is -0.164. The highest BCUT2D eigenvalue weighted by atomic mass is 16.1. The van der Waals surface area contributed by atoms with Gasteiger partial charge in [-0.3, -0.25) is 9.78 Å². The number of hydrogen-bond acceptors (Lipinski definition) is 4. The van der Waals surface area contributed by atoms with Gasteiger partial charge in [-0.05, 0) is 42.8 Å². The maximum Gasteiger partial charge on any atom is 0.257 e. The first-order valence-corrected chi connectivity index (χ1v) is 9.39. The summed E-state index contributed by atoms with van der Waals surface area (Å²) in [6.45, 7) is 3.70. The number of benzene rings is 2. The Labute approximate surface area is 166 Å². The number of carbonyl (C=O) groups is 1. The molecular weight excluding hydrogens is 348 g/mol. The molecule has 3 rings (SSSR count). The Morgan fingerprint density at radius 2 is 1.68 bits per heavy atom. The Morgan fingerprint density at radius 1 is 0.964 bits per heavy atom. The lowest BCUT2D eigenvalue weighted by atomic mass is 10.2. The Hall–Kier alpha value is -3.34. The van der Waals surface area contributed by atoms with E-state index in [1.165, 1.54) is 5.56 Å². The van der Waals surface area contributed by atoms with E-state index in [4.69, 9.17) is 0 Å². The second-order valence-corrected chi connectivity index (χ2v) is 6.83. The number of anilines is 3. The molecule has 1 aromatic heterocycles. The van der Waals surface area contributed by atoms with E-state index in [-0.39, 0.29) is 5.91 Å². The minimum atomic E-state index is -0.164. The Morgan fingerprint density at radius 3 is 2.32 bits per heavy atom. The van der Waals surface area contributed by atoms with Crippen LogP contribution in [-0.4, -0.2) is 31.5 Å². The summed E-state index contributed by atoms with van der Waals surface area (Å²) in [5.41, 5.74) is 4.54. The van der Waals surface area contributed by atoms with Gasteiger partial charge in [0.1, 0.15) is 0 Å². The number of hydrogen-bond donors (Lipinski definition) is 1. The van der Waals surface area contributed by atoms with Gasteiger partial charge in [0.25, 0.3) is 5.91 Å². The van der Waals surface area contributed by atoms with Gasteiger partial charge < -0.3 is 15.1 Å². The highest BCUT2D eigenvalue weighted by Crippen LogP contribution is 2.20. The summed E-state index contributed by atoms with van der Waals surface area (Å²) in [4.78, 5) is 21.2. The van der Waals surface area contributed by atoms with E-state index in [1.54, 1.807) is 12.4 Å². The molecule has 0 atom stereocenters.